The first kappa shape index (κ1) is 18.3. The second-order valence-electron chi connectivity index (χ2n) is 6.67. The summed E-state index contributed by atoms with van der Waals surface area (Å²) >= 11 is 0. The Balaban J connectivity index is 1.96. The van der Waals surface area contributed by atoms with Crippen LogP contribution in [0.1, 0.15) is 45.6 Å². The molecule has 1 aromatic rings. The van der Waals surface area contributed by atoms with Crippen LogP contribution < -0.4 is 4.74 Å². The lowest BCUT2D eigenvalue weighted by Gasteiger charge is -2.25. The maximum absolute atomic E-state index is 12.6. The van der Waals surface area contributed by atoms with Gasteiger partial charge in [0.15, 0.2) is 6.10 Å². The summed E-state index contributed by atoms with van der Waals surface area (Å²) in [6.45, 7) is 10.2. The molecule has 1 aliphatic rings. The molecule has 0 aromatic heterocycles. The van der Waals surface area contributed by atoms with Crippen LogP contribution in [-0.2, 0) is 9.59 Å². The van der Waals surface area contributed by atoms with E-state index in [0.717, 1.165) is 12.2 Å². The Kier molecular flexibility index (Phi) is 6.23. The van der Waals surface area contributed by atoms with E-state index in [1.54, 1.807) is 23.6 Å². The van der Waals surface area contributed by atoms with Crippen LogP contribution in [0.25, 0.3) is 0 Å². The van der Waals surface area contributed by atoms with Crippen molar-refractivity contribution in [1.29, 1.82) is 0 Å². The summed E-state index contributed by atoms with van der Waals surface area (Å²) in [6.07, 6.45) is 0.275. The third-order valence-electron chi connectivity index (χ3n) is 4.44. The lowest BCUT2D eigenvalue weighted by molar-refractivity contribution is -0.138. The van der Waals surface area contributed by atoms with E-state index in [4.69, 9.17) is 4.74 Å². The molecule has 0 radical (unpaired) electrons. The molecule has 2 amide bonds. The maximum atomic E-state index is 12.6. The van der Waals surface area contributed by atoms with E-state index >= 15 is 0 Å². The van der Waals surface area contributed by atoms with Crippen molar-refractivity contribution in [2.75, 3.05) is 26.2 Å². The summed E-state index contributed by atoms with van der Waals surface area (Å²) in [7, 11) is 0. The summed E-state index contributed by atoms with van der Waals surface area (Å²) in [5.74, 6) is 1.19. The minimum atomic E-state index is -0.531. The fourth-order valence-electron chi connectivity index (χ4n) is 2.91. The number of carbonyl (C=O) groups is 2. The van der Waals surface area contributed by atoms with Gasteiger partial charge in [0.1, 0.15) is 5.75 Å². The molecule has 0 bridgehead atoms. The van der Waals surface area contributed by atoms with Gasteiger partial charge in [-0.25, -0.2) is 0 Å². The Morgan fingerprint density at radius 3 is 2.38 bits per heavy atom. The quantitative estimate of drug-likeness (QED) is 0.852. The average molecular weight is 332 g/mol. The SMILES string of the molecule is CC(=O)N1CCCN(C(=O)[C@H](C)Oc2cccc(C(C)C)c2)CC1. The number of nitrogens with zero attached hydrogens (tertiary/aromatic N) is 2. The molecule has 0 unspecified atom stereocenters. The van der Waals surface area contributed by atoms with E-state index < -0.39 is 6.10 Å². The molecule has 5 heteroatoms. The highest BCUT2D eigenvalue weighted by Crippen LogP contribution is 2.21. The van der Waals surface area contributed by atoms with E-state index in [-0.39, 0.29) is 11.8 Å². The van der Waals surface area contributed by atoms with Crippen molar-refractivity contribution in [2.45, 2.75) is 46.1 Å². The van der Waals surface area contributed by atoms with Gasteiger partial charge in [-0.3, -0.25) is 9.59 Å². The Morgan fingerprint density at radius 1 is 1.04 bits per heavy atom. The lowest BCUT2D eigenvalue weighted by Crippen LogP contribution is -2.42. The van der Waals surface area contributed by atoms with Crippen LogP contribution in [0.15, 0.2) is 24.3 Å². The lowest BCUT2D eigenvalue weighted by atomic mass is 10.0. The molecule has 0 N–H and O–H groups in total. The molecular formula is C19H28N2O3. The van der Waals surface area contributed by atoms with Gasteiger partial charge in [-0.05, 0) is 37.0 Å². The van der Waals surface area contributed by atoms with Crippen molar-refractivity contribution < 1.29 is 14.3 Å². The highest BCUT2D eigenvalue weighted by atomic mass is 16.5. The molecule has 1 aromatic carbocycles. The summed E-state index contributed by atoms with van der Waals surface area (Å²) in [4.78, 5) is 27.7. The van der Waals surface area contributed by atoms with Gasteiger partial charge in [0.2, 0.25) is 5.91 Å². The fraction of sp³-hybridized carbons (Fsp3) is 0.579. The summed E-state index contributed by atoms with van der Waals surface area (Å²) in [5, 5.41) is 0. The number of amides is 2. The molecule has 5 nitrogen and oxygen atoms in total. The highest BCUT2D eigenvalue weighted by molar-refractivity contribution is 5.81. The summed E-state index contributed by atoms with van der Waals surface area (Å²) < 4.78 is 5.86. The number of benzene rings is 1. The number of hydrogen-bond acceptors (Lipinski definition) is 3. The standard InChI is InChI=1S/C19H28N2O3/c1-14(2)17-7-5-8-18(13-17)24-15(3)19(23)21-10-6-9-20(11-12-21)16(4)22/h5,7-8,13-15H,6,9-12H2,1-4H3/t15-/m0/s1. The minimum Gasteiger partial charge on any atom is -0.481 e. The number of ether oxygens (including phenoxy) is 1. The Morgan fingerprint density at radius 2 is 1.71 bits per heavy atom. The second-order valence-corrected chi connectivity index (χ2v) is 6.67. The van der Waals surface area contributed by atoms with Crippen LogP contribution in [0.2, 0.25) is 0 Å². The van der Waals surface area contributed by atoms with Crippen LogP contribution >= 0.6 is 0 Å². The van der Waals surface area contributed by atoms with E-state index in [1.807, 2.05) is 18.2 Å². The molecule has 1 aliphatic heterocycles. The van der Waals surface area contributed by atoms with Crippen molar-refractivity contribution >= 4 is 11.8 Å². The molecule has 1 atom stereocenters. The van der Waals surface area contributed by atoms with E-state index in [1.165, 1.54) is 5.56 Å². The third kappa shape index (κ3) is 4.73. The normalized spacial score (nSPS) is 16.7. The van der Waals surface area contributed by atoms with E-state index in [9.17, 15) is 9.59 Å². The van der Waals surface area contributed by atoms with E-state index in [2.05, 4.69) is 19.9 Å². The number of carbonyl (C=O) groups excluding carboxylic acids is 2. The molecule has 132 valence electrons. The van der Waals surface area contributed by atoms with Gasteiger partial charge in [0.25, 0.3) is 5.91 Å². The molecule has 0 aliphatic carbocycles. The number of hydrogen-bond donors (Lipinski definition) is 0. The zero-order valence-electron chi connectivity index (χ0n) is 15.1. The van der Waals surface area contributed by atoms with E-state index in [0.29, 0.717) is 32.1 Å². The zero-order chi connectivity index (χ0) is 17.7. The smallest absolute Gasteiger partial charge is 0.263 e. The van der Waals surface area contributed by atoms with Crippen molar-refractivity contribution in [3.8, 4) is 5.75 Å². The average Bonchev–Trinajstić information content (AvgIpc) is 2.80. The van der Waals surface area contributed by atoms with Crippen molar-refractivity contribution in [3.05, 3.63) is 29.8 Å². The first-order chi connectivity index (χ1) is 11.4. The monoisotopic (exact) mass is 332 g/mol. The largest absolute Gasteiger partial charge is 0.481 e. The maximum Gasteiger partial charge on any atom is 0.263 e. The highest BCUT2D eigenvalue weighted by Gasteiger charge is 2.25. The topological polar surface area (TPSA) is 49.9 Å². The predicted molar refractivity (Wildman–Crippen MR) is 94.1 cm³/mol. The van der Waals surface area contributed by atoms with Gasteiger partial charge in [-0.2, -0.15) is 0 Å². The van der Waals surface area contributed by atoms with Gasteiger partial charge >= 0.3 is 0 Å². The van der Waals surface area contributed by atoms with Crippen LogP contribution in [0.3, 0.4) is 0 Å². The third-order valence-corrected chi connectivity index (χ3v) is 4.44. The molecule has 2 rings (SSSR count). The van der Waals surface area contributed by atoms with Crippen molar-refractivity contribution in [1.82, 2.24) is 9.80 Å². The molecule has 0 spiro atoms. The number of rotatable bonds is 4. The summed E-state index contributed by atoms with van der Waals surface area (Å²) in [5.41, 5.74) is 1.19. The molecule has 1 fully saturated rings. The first-order valence-corrected chi connectivity index (χ1v) is 8.69. The molecule has 1 saturated heterocycles. The summed E-state index contributed by atoms with van der Waals surface area (Å²) in [6, 6.07) is 7.90. The van der Waals surface area contributed by atoms with Crippen LogP contribution in [0.4, 0.5) is 0 Å². The predicted octanol–water partition coefficient (Wildman–Crippen LogP) is 2.66. The molecular weight excluding hydrogens is 304 g/mol. The Labute approximate surface area is 144 Å². The van der Waals surface area contributed by atoms with Crippen molar-refractivity contribution in [2.24, 2.45) is 0 Å². The van der Waals surface area contributed by atoms with Gasteiger partial charge in [-0.1, -0.05) is 26.0 Å². The van der Waals surface area contributed by atoms with Crippen LogP contribution in [-0.4, -0.2) is 53.9 Å². The van der Waals surface area contributed by atoms with Gasteiger partial charge < -0.3 is 14.5 Å². The van der Waals surface area contributed by atoms with Gasteiger partial charge in [0, 0.05) is 33.1 Å². The molecule has 0 saturated carbocycles. The first-order valence-electron chi connectivity index (χ1n) is 8.69. The molecule has 1 heterocycles. The van der Waals surface area contributed by atoms with Crippen molar-refractivity contribution in [3.63, 3.8) is 0 Å². The zero-order valence-corrected chi connectivity index (χ0v) is 15.1. The fourth-order valence-corrected chi connectivity index (χ4v) is 2.91. The Bertz CT molecular complexity index is 586. The van der Waals surface area contributed by atoms with Gasteiger partial charge in [0.05, 0.1) is 0 Å². The Hall–Kier alpha value is -2.04. The van der Waals surface area contributed by atoms with Crippen LogP contribution in [0.5, 0.6) is 5.75 Å². The second kappa shape index (κ2) is 8.18. The van der Waals surface area contributed by atoms with Crippen LogP contribution in [0, 0.1) is 0 Å². The van der Waals surface area contributed by atoms with Gasteiger partial charge in [-0.15, -0.1) is 0 Å². The minimum absolute atomic E-state index is 0.0182. The molecule has 24 heavy (non-hydrogen) atoms.